The summed E-state index contributed by atoms with van der Waals surface area (Å²) in [5.74, 6) is -0.348. The van der Waals surface area contributed by atoms with Gasteiger partial charge in [0.2, 0.25) is 0 Å². The molecule has 1 fully saturated rings. The number of hydrogen-bond donors (Lipinski definition) is 0. The lowest BCUT2D eigenvalue weighted by Crippen LogP contribution is -2.35. The highest BCUT2D eigenvalue weighted by molar-refractivity contribution is 5.94. The molecule has 0 bridgehead atoms. The van der Waals surface area contributed by atoms with E-state index in [0.29, 0.717) is 24.2 Å². The predicted octanol–water partition coefficient (Wildman–Crippen LogP) is 3.62. The Balaban J connectivity index is 1.54. The molecule has 1 saturated carbocycles. The van der Waals surface area contributed by atoms with Crippen molar-refractivity contribution in [3.8, 4) is 0 Å². The second-order valence-corrected chi connectivity index (χ2v) is 6.35. The van der Waals surface area contributed by atoms with Gasteiger partial charge in [-0.2, -0.15) is 0 Å². The van der Waals surface area contributed by atoms with Crippen LogP contribution in [0, 0.1) is 5.82 Å². The fraction of sp³-hybridized carbons (Fsp3) is 0.250. The van der Waals surface area contributed by atoms with Gasteiger partial charge >= 0.3 is 0 Å². The molecule has 5 heteroatoms. The van der Waals surface area contributed by atoms with E-state index < -0.39 is 0 Å². The molecule has 1 aromatic heterocycles. The summed E-state index contributed by atoms with van der Waals surface area (Å²) in [6, 6.07) is 14.3. The standard InChI is InChI=1S/C20H18FN3O/c21-15-5-3-4-14(12-15)10-11-24(16-8-9-16)20(25)19-13-22-17-6-1-2-7-18(17)23-19/h1-7,12-13,16H,8-11H2. The van der Waals surface area contributed by atoms with Crippen LogP contribution in [0.1, 0.15) is 28.9 Å². The number of aromatic nitrogens is 2. The van der Waals surface area contributed by atoms with Gasteiger partial charge in [-0.3, -0.25) is 9.78 Å². The smallest absolute Gasteiger partial charge is 0.274 e. The van der Waals surface area contributed by atoms with Crippen LogP contribution in [0.15, 0.2) is 54.7 Å². The zero-order valence-corrected chi connectivity index (χ0v) is 13.7. The number of para-hydroxylation sites is 2. The summed E-state index contributed by atoms with van der Waals surface area (Å²) in [5.41, 5.74) is 2.75. The third kappa shape index (κ3) is 3.50. The molecular weight excluding hydrogens is 317 g/mol. The Hall–Kier alpha value is -2.82. The average molecular weight is 335 g/mol. The first kappa shape index (κ1) is 15.7. The van der Waals surface area contributed by atoms with Crippen molar-refractivity contribution in [3.63, 3.8) is 0 Å². The van der Waals surface area contributed by atoms with Gasteiger partial charge in [0.25, 0.3) is 5.91 Å². The minimum Gasteiger partial charge on any atom is -0.334 e. The van der Waals surface area contributed by atoms with E-state index in [4.69, 9.17) is 0 Å². The van der Waals surface area contributed by atoms with Crippen LogP contribution in [-0.4, -0.2) is 33.4 Å². The number of carbonyl (C=O) groups is 1. The van der Waals surface area contributed by atoms with Crippen LogP contribution in [0.2, 0.25) is 0 Å². The first-order chi connectivity index (χ1) is 12.2. The van der Waals surface area contributed by atoms with Crippen molar-refractivity contribution in [2.45, 2.75) is 25.3 Å². The number of amides is 1. The Morgan fingerprint density at radius 1 is 1.12 bits per heavy atom. The topological polar surface area (TPSA) is 46.1 Å². The van der Waals surface area contributed by atoms with Crippen molar-refractivity contribution in [1.82, 2.24) is 14.9 Å². The van der Waals surface area contributed by atoms with Crippen LogP contribution in [0.4, 0.5) is 4.39 Å². The number of hydrogen-bond acceptors (Lipinski definition) is 3. The zero-order valence-electron chi connectivity index (χ0n) is 13.7. The predicted molar refractivity (Wildman–Crippen MR) is 93.7 cm³/mol. The highest BCUT2D eigenvalue weighted by atomic mass is 19.1. The summed E-state index contributed by atoms with van der Waals surface area (Å²) in [6.45, 7) is 0.557. The van der Waals surface area contributed by atoms with Crippen molar-refractivity contribution in [2.24, 2.45) is 0 Å². The molecule has 25 heavy (non-hydrogen) atoms. The van der Waals surface area contributed by atoms with E-state index in [1.54, 1.807) is 12.3 Å². The summed E-state index contributed by atoms with van der Waals surface area (Å²) >= 11 is 0. The molecule has 1 heterocycles. The third-order valence-electron chi connectivity index (χ3n) is 4.45. The van der Waals surface area contributed by atoms with Gasteiger partial charge in [-0.1, -0.05) is 24.3 Å². The molecule has 0 unspecified atom stereocenters. The minimum atomic E-state index is -0.248. The van der Waals surface area contributed by atoms with E-state index in [9.17, 15) is 9.18 Å². The van der Waals surface area contributed by atoms with Crippen molar-refractivity contribution in [2.75, 3.05) is 6.54 Å². The maximum absolute atomic E-state index is 13.3. The van der Waals surface area contributed by atoms with Crippen molar-refractivity contribution >= 4 is 16.9 Å². The highest BCUT2D eigenvalue weighted by Gasteiger charge is 2.33. The van der Waals surface area contributed by atoms with E-state index >= 15 is 0 Å². The fourth-order valence-electron chi connectivity index (χ4n) is 2.99. The molecule has 0 aliphatic heterocycles. The van der Waals surface area contributed by atoms with E-state index in [1.807, 2.05) is 35.2 Å². The van der Waals surface area contributed by atoms with Crippen LogP contribution in [-0.2, 0) is 6.42 Å². The lowest BCUT2D eigenvalue weighted by atomic mass is 10.1. The fourth-order valence-corrected chi connectivity index (χ4v) is 2.99. The van der Waals surface area contributed by atoms with Crippen LogP contribution in [0.5, 0.6) is 0 Å². The molecule has 4 rings (SSSR count). The van der Waals surface area contributed by atoms with Gasteiger partial charge in [0.1, 0.15) is 11.5 Å². The molecule has 3 aromatic rings. The summed E-state index contributed by atoms with van der Waals surface area (Å²) < 4.78 is 13.3. The van der Waals surface area contributed by atoms with E-state index in [-0.39, 0.29) is 17.8 Å². The molecule has 4 nitrogen and oxygen atoms in total. The van der Waals surface area contributed by atoms with Gasteiger partial charge in [0.05, 0.1) is 17.2 Å². The lowest BCUT2D eigenvalue weighted by Gasteiger charge is -2.22. The van der Waals surface area contributed by atoms with Crippen molar-refractivity contribution in [3.05, 3.63) is 71.8 Å². The number of nitrogens with zero attached hydrogens (tertiary/aromatic N) is 3. The maximum atomic E-state index is 13.3. The van der Waals surface area contributed by atoms with Gasteiger partial charge < -0.3 is 4.90 Å². The number of rotatable bonds is 5. The highest BCUT2D eigenvalue weighted by Crippen LogP contribution is 2.28. The monoisotopic (exact) mass is 335 g/mol. The third-order valence-corrected chi connectivity index (χ3v) is 4.45. The Morgan fingerprint density at radius 3 is 2.68 bits per heavy atom. The summed E-state index contributed by atoms with van der Waals surface area (Å²) in [7, 11) is 0. The number of benzene rings is 2. The van der Waals surface area contributed by atoms with E-state index in [0.717, 1.165) is 23.9 Å². The van der Waals surface area contributed by atoms with E-state index in [1.165, 1.54) is 12.1 Å². The van der Waals surface area contributed by atoms with Crippen LogP contribution in [0.25, 0.3) is 11.0 Å². The maximum Gasteiger partial charge on any atom is 0.274 e. The Bertz CT molecular complexity index is 923. The van der Waals surface area contributed by atoms with Gasteiger partial charge in [0.15, 0.2) is 0 Å². The Labute approximate surface area is 145 Å². The molecule has 0 radical (unpaired) electrons. The summed E-state index contributed by atoms with van der Waals surface area (Å²) in [5, 5.41) is 0. The quantitative estimate of drug-likeness (QED) is 0.715. The average Bonchev–Trinajstić information content (AvgIpc) is 3.46. The van der Waals surface area contributed by atoms with E-state index in [2.05, 4.69) is 9.97 Å². The molecular formula is C20H18FN3O. The number of fused-ring (bicyclic) bond motifs is 1. The van der Waals surface area contributed by atoms with Crippen molar-refractivity contribution < 1.29 is 9.18 Å². The second kappa shape index (κ2) is 6.59. The molecule has 2 aromatic carbocycles. The molecule has 1 aliphatic carbocycles. The van der Waals surface area contributed by atoms with Gasteiger partial charge in [-0.05, 0) is 49.1 Å². The largest absolute Gasteiger partial charge is 0.334 e. The molecule has 0 atom stereocenters. The second-order valence-electron chi connectivity index (χ2n) is 6.35. The first-order valence-corrected chi connectivity index (χ1v) is 8.48. The number of halogens is 1. The Kier molecular flexibility index (Phi) is 4.14. The van der Waals surface area contributed by atoms with Gasteiger partial charge in [-0.15, -0.1) is 0 Å². The van der Waals surface area contributed by atoms with Crippen LogP contribution >= 0.6 is 0 Å². The van der Waals surface area contributed by atoms with Gasteiger partial charge in [0, 0.05) is 12.6 Å². The summed E-state index contributed by atoms with van der Waals surface area (Å²) in [6.07, 6.45) is 4.19. The lowest BCUT2D eigenvalue weighted by molar-refractivity contribution is 0.0739. The molecule has 1 aliphatic rings. The first-order valence-electron chi connectivity index (χ1n) is 8.48. The number of carbonyl (C=O) groups excluding carboxylic acids is 1. The molecule has 0 N–H and O–H groups in total. The van der Waals surface area contributed by atoms with Crippen molar-refractivity contribution in [1.29, 1.82) is 0 Å². The SMILES string of the molecule is O=C(c1cnc2ccccc2n1)N(CCc1cccc(F)c1)C1CC1. The van der Waals surface area contributed by atoms with Gasteiger partial charge in [-0.25, -0.2) is 9.37 Å². The molecule has 0 saturated heterocycles. The normalized spacial score (nSPS) is 13.8. The Morgan fingerprint density at radius 2 is 1.92 bits per heavy atom. The molecule has 1 amide bonds. The zero-order chi connectivity index (χ0) is 17.2. The summed E-state index contributed by atoms with van der Waals surface area (Å²) in [4.78, 5) is 23.6. The van der Waals surface area contributed by atoms with Crippen LogP contribution < -0.4 is 0 Å². The minimum absolute atomic E-state index is 0.0999. The molecule has 126 valence electrons. The molecule has 0 spiro atoms. The van der Waals surface area contributed by atoms with Crippen LogP contribution in [0.3, 0.4) is 0 Å².